The summed E-state index contributed by atoms with van der Waals surface area (Å²) in [7, 11) is 6.28. The average molecular weight is 333 g/mol. The zero-order valence-electron chi connectivity index (χ0n) is 13.8. The molecule has 0 aromatic carbocycles. The number of hydrogen-bond donors (Lipinski definition) is 0. The van der Waals surface area contributed by atoms with Gasteiger partial charge in [-0.05, 0) is 55.7 Å². The Labute approximate surface area is 140 Å². The minimum atomic E-state index is 0.847. The van der Waals surface area contributed by atoms with E-state index in [0.29, 0.717) is 0 Å². The van der Waals surface area contributed by atoms with Crippen molar-refractivity contribution in [2.45, 2.75) is 16.8 Å². The molecule has 6 nitrogen and oxygen atoms in total. The first kappa shape index (κ1) is 15.2. The van der Waals surface area contributed by atoms with E-state index in [1.807, 2.05) is 17.7 Å². The molecule has 2 aromatic rings. The van der Waals surface area contributed by atoms with Crippen LogP contribution < -0.4 is 0 Å². The zero-order valence-corrected chi connectivity index (χ0v) is 14.7. The molecule has 0 N–H and O–H groups in total. The third-order valence-electron chi connectivity index (χ3n) is 4.90. The van der Waals surface area contributed by atoms with E-state index >= 15 is 0 Å². The fourth-order valence-electron chi connectivity index (χ4n) is 3.73. The van der Waals surface area contributed by atoms with E-state index in [4.69, 9.17) is 4.42 Å². The lowest BCUT2D eigenvalue weighted by atomic mass is 10.2. The second-order valence-corrected chi connectivity index (χ2v) is 7.97. The first-order chi connectivity index (χ1) is 11.1. The maximum atomic E-state index is 5.95. The van der Waals surface area contributed by atoms with Crippen molar-refractivity contribution in [2.24, 2.45) is 24.8 Å². The van der Waals surface area contributed by atoms with Crippen molar-refractivity contribution in [1.82, 2.24) is 24.6 Å². The zero-order chi connectivity index (χ0) is 16.0. The Bertz CT molecular complexity index is 670. The van der Waals surface area contributed by atoms with E-state index < -0.39 is 0 Å². The van der Waals surface area contributed by atoms with Crippen LogP contribution in [0.2, 0.25) is 0 Å². The molecule has 124 valence electrons. The first-order valence-electron chi connectivity index (χ1n) is 8.08. The molecule has 1 aliphatic heterocycles. The molecule has 2 fully saturated rings. The van der Waals surface area contributed by atoms with Crippen molar-refractivity contribution < 1.29 is 4.42 Å². The molecule has 23 heavy (non-hydrogen) atoms. The maximum Gasteiger partial charge on any atom is 0.198 e. The van der Waals surface area contributed by atoms with Crippen LogP contribution in [0.1, 0.15) is 5.76 Å². The van der Waals surface area contributed by atoms with Gasteiger partial charge in [0.1, 0.15) is 12.1 Å². The number of hydrogen-bond acceptors (Lipinski definition) is 6. The number of aryl methyl sites for hydroxylation is 1. The van der Waals surface area contributed by atoms with E-state index in [1.165, 1.54) is 31.4 Å². The van der Waals surface area contributed by atoms with E-state index in [1.54, 1.807) is 6.33 Å². The summed E-state index contributed by atoms with van der Waals surface area (Å²) < 4.78 is 7.84. The van der Waals surface area contributed by atoms with Crippen molar-refractivity contribution in [3.8, 4) is 0 Å². The molecule has 2 aliphatic rings. The van der Waals surface area contributed by atoms with E-state index in [9.17, 15) is 0 Å². The summed E-state index contributed by atoms with van der Waals surface area (Å²) in [4.78, 5) is 4.84. The van der Waals surface area contributed by atoms with Gasteiger partial charge in [-0.3, -0.25) is 4.90 Å². The molecular formula is C16H23N5OS. The minimum Gasteiger partial charge on any atom is -0.453 e. The van der Waals surface area contributed by atoms with Crippen molar-refractivity contribution in [3.63, 3.8) is 0 Å². The lowest BCUT2D eigenvalue weighted by Gasteiger charge is -2.19. The van der Waals surface area contributed by atoms with Gasteiger partial charge in [-0.25, -0.2) is 0 Å². The normalized spacial score (nSPS) is 26.9. The Kier molecular flexibility index (Phi) is 3.95. The van der Waals surface area contributed by atoms with Crippen LogP contribution in [0.5, 0.6) is 0 Å². The number of furan rings is 1. The number of piperidine rings is 1. The van der Waals surface area contributed by atoms with Gasteiger partial charge in [0.05, 0.1) is 6.54 Å². The number of likely N-dealkylation sites (tertiary alicyclic amines) is 1. The molecule has 2 aromatic heterocycles. The van der Waals surface area contributed by atoms with Gasteiger partial charge in [0.2, 0.25) is 0 Å². The van der Waals surface area contributed by atoms with Crippen LogP contribution >= 0.6 is 11.8 Å². The monoisotopic (exact) mass is 333 g/mol. The Hall–Kier alpha value is -1.31. The molecule has 0 radical (unpaired) electrons. The summed E-state index contributed by atoms with van der Waals surface area (Å²) in [5.74, 6) is 3.76. The SMILES string of the molecule is CN(C)CC1[C@H]2CN(Cc3ccc(Sc4nncn4C)o3)C[C@@H]12. The summed E-state index contributed by atoms with van der Waals surface area (Å²) in [6.07, 6.45) is 1.70. The van der Waals surface area contributed by atoms with Crippen molar-refractivity contribution in [2.75, 3.05) is 33.7 Å². The molecule has 7 heteroatoms. The van der Waals surface area contributed by atoms with Crippen LogP contribution in [-0.2, 0) is 13.6 Å². The van der Waals surface area contributed by atoms with Gasteiger partial charge >= 0.3 is 0 Å². The smallest absolute Gasteiger partial charge is 0.198 e. The van der Waals surface area contributed by atoms with E-state index in [0.717, 1.165) is 40.3 Å². The van der Waals surface area contributed by atoms with Crippen LogP contribution in [0.25, 0.3) is 0 Å². The first-order valence-corrected chi connectivity index (χ1v) is 8.89. The van der Waals surface area contributed by atoms with Crippen LogP contribution in [0, 0.1) is 17.8 Å². The third-order valence-corrected chi connectivity index (χ3v) is 5.87. The van der Waals surface area contributed by atoms with Gasteiger partial charge < -0.3 is 13.9 Å². The molecule has 0 amide bonds. The quantitative estimate of drug-likeness (QED) is 0.803. The Morgan fingerprint density at radius 2 is 2.09 bits per heavy atom. The van der Waals surface area contributed by atoms with Gasteiger partial charge in [0.25, 0.3) is 0 Å². The van der Waals surface area contributed by atoms with Gasteiger partial charge in [-0.1, -0.05) is 0 Å². The molecule has 3 atom stereocenters. The topological polar surface area (TPSA) is 50.3 Å². The lowest BCUT2D eigenvalue weighted by molar-refractivity contribution is 0.235. The number of rotatable bonds is 6. The van der Waals surface area contributed by atoms with Gasteiger partial charge in [0.15, 0.2) is 10.2 Å². The number of fused-ring (bicyclic) bond motifs is 1. The summed E-state index contributed by atoms with van der Waals surface area (Å²) in [6.45, 7) is 4.59. The predicted molar refractivity (Wildman–Crippen MR) is 88.1 cm³/mol. The predicted octanol–water partition coefficient (Wildman–Crippen LogP) is 1.80. The summed E-state index contributed by atoms with van der Waals surface area (Å²) in [5.41, 5.74) is 0. The molecular weight excluding hydrogens is 310 g/mol. The molecule has 1 unspecified atom stereocenters. The van der Waals surface area contributed by atoms with Crippen LogP contribution in [-0.4, -0.2) is 58.3 Å². The fourth-order valence-corrected chi connectivity index (χ4v) is 4.48. The van der Waals surface area contributed by atoms with Crippen LogP contribution in [0.15, 0.2) is 33.1 Å². The average Bonchev–Trinajstić information content (AvgIpc) is 2.96. The van der Waals surface area contributed by atoms with Crippen LogP contribution in [0.3, 0.4) is 0 Å². The Morgan fingerprint density at radius 1 is 1.30 bits per heavy atom. The van der Waals surface area contributed by atoms with Gasteiger partial charge in [-0.2, -0.15) is 0 Å². The standard InChI is InChI=1S/C16H23N5OS/c1-19(2)7-12-13-8-21(9-14(12)13)6-11-4-5-15(22-11)23-16-18-17-10-20(16)3/h4-5,10,12-14H,6-9H2,1-3H3/t12?,13-,14+. The van der Waals surface area contributed by atoms with Crippen molar-refractivity contribution >= 4 is 11.8 Å². The number of nitrogens with zero attached hydrogens (tertiary/aromatic N) is 5. The summed E-state index contributed by atoms with van der Waals surface area (Å²) in [6, 6.07) is 4.11. The fraction of sp³-hybridized carbons (Fsp3) is 0.625. The highest BCUT2D eigenvalue weighted by atomic mass is 32.2. The van der Waals surface area contributed by atoms with Crippen molar-refractivity contribution in [1.29, 1.82) is 0 Å². The second-order valence-electron chi connectivity index (χ2n) is 7.00. The highest BCUT2D eigenvalue weighted by Gasteiger charge is 2.55. The maximum absolute atomic E-state index is 5.95. The van der Waals surface area contributed by atoms with Crippen LogP contribution in [0.4, 0.5) is 0 Å². The van der Waals surface area contributed by atoms with Gasteiger partial charge in [0, 0.05) is 26.7 Å². The van der Waals surface area contributed by atoms with Gasteiger partial charge in [-0.15, -0.1) is 10.2 Å². The third kappa shape index (κ3) is 3.18. The summed E-state index contributed by atoms with van der Waals surface area (Å²) >= 11 is 1.51. The van der Waals surface area contributed by atoms with Crippen molar-refractivity contribution in [3.05, 3.63) is 24.2 Å². The number of aromatic nitrogens is 3. The minimum absolute atomic E-state index is 0.847. The largest absolute Gasteiger partial charge is 0.453 e. The second kappa shape index (κ2) is 5.96. The molecule has 4 rings (SSSR count). The van der Waals surface area contributed by atoms with E-state index in [2.05, 4.69) is 40.2 Å². The highest BCUT2D eigenvalue weighted by molar-refractivity contribution is 7.99. The Balaban J connectivity index is 1.29. The molecule has 1 aliphatic carbocycles. The Morgan fingerprint density at radius 3 is 2.74 bits per heavy atom. The molecule has 0 bridgehead atoms. The molecule has 1 saturated heterocycles. The van der Waals surface area contributed by atoms with E-state index in [-0.39, 0.29) is 0 Å². The molecule has 0 spiro atoms. The lowest BCUT2D eigenvalue weighted by Crippen LogP contribution is -2.27. The summed E-state index contributed by atoms with van der Waals surface area (Å²) in [5, 5.41) is 9.69. The highest BCUT2D eigenvalue weighted by Crippen LogP contribution is 2.52. The molecule has 1 saturated carbocycles. The molecule has 3 heterocycles.